The summed E-state index contributed by atoms with van der Waals surface area (Å²) in [7, 11) is 0. The number of rotatable bonds is 6. The molecule has 0 amide bonds. The van der Waals surface area contributed by atoms with Crippen LogP contribution in [0.15, 0.2) is 43.2 Å². The average Bonchev–Trinajstić information content (AvgIpc) is 3.37. The van der Waals surface area contributed by atoms with Crippen LogP contribution in [0.1, 0.15) is 16.8 Å². The Bertz CT molecular complexity index is 937. The van der Waals surface area contributed by atoms with Crippen molar-refractivity contribution in [3.05, 3.63) is 53.8 Å². The minimum absolute atomic E-state index is 0.323. The number of hydrogen-bond donors (Lipinski definition) is 1. The molecule has 1 aliphatic rings. The van der Waals surface area contributed by atoms with Crippen molar-refractivity contribution in [1.29, 1.82) is 0 Å². The van der Waals surface area contributed by atoms with E-state index in [1.165, 1.54) is 0 Å². The number of esters is 1. The number of carbonyl (C=O) groups excluding carboxylic acids is 1. The molecule has 0 radical (unpaired) electrons. The zero-order chi connectivity index (χ0) is 18.6. The molecule has 3 heterocycles. The molecule has 140 valence electrons. The van der Waals surface area contributed by atoms with E-state index in [1.54, 1.807) is 31.0 Å². The third kappa shape index (κ3) is 3.78. The lowest BCUT2D eigenvalue weighted by Crippen LogP contribution is -2.15. The monoisotopic (exact) mass is 387 g/mol. The van der Waals surface area contributed by atoms with Gasteiger partial charge in [-0.05, 0) is 24.1 Å². The fourth-order valence-corrected chi connectivity index (χ4v) is 3.21. The van der Waals surface area contributed by atoms with Gasteiger partial charge < -0.3 is 23.8 Å². The molecule has 0 spiro atoms. The van der Waals surface area contributed by atoms with Crippen molar-refractivity contribution in [1.82, 2.24) is 14.5 Å². The second-order valence-electron chi connectivity index (χ2n) is 6.05. The Morgan fingerprint density at radius 1 is 1.30 bits per heavy atom. The molecule has 0 aliphatic carbocycles. The fourth-order valence-electron chi connectivity index (χ4n) is 2.95. The van der Waals surface area contributed by atoms with Gasteiger partial charge in [-0.3, -0.25) is 0 Å². The molecule has 27 heavy (non-hydrogen) atoms. The van der Waals surface area contributed by atoms with Gasteiger partial charge in [0.05, 0.1) is 23.5 Å². The lowest BCUT2D eigenvalue weighted by molar-refractivity contribution is 0.0497. The summed E-state index contributed by atoms with van der Waals surface area (Å²) >= 11 is 6.31. The smallest absolute Gasteiger partial charge is 0.340 e. The van der Waals surface area contributed by atoms with Crippen LogP contribution in [-0.4, -0.2) is 40.3 Å². The van der Waals surface area contributed by atoms with Gasteiger partial charge in [0.25, 0.3) is 0 Å². The minimum atomic E-state index is -0.386. The lowest BCUT2D eigenvalue weighted by Gasteiger charge is -2.20. The Balaban J connectivity index is 1.46. The Morgan fingerprint density at radius 2 is 2.19 bits per heavy atom. The first kappa shape index (κ1) is 17.5. The molecule has 2 aromatic heterocycles. The van der Waals surface area contributed by atoms with Gasteiger partial charge in [0.2, 0.25) is 0 Å². The summed E-state index contributed by atoms with van der Waals surface area (Å²) in [6, 6.07) is 3.58. The van der Waals surface area contributed by atoms with Crippen LogP contribution in [0, 0.1) is 0 Å². The molecule has 0 saturated carbocycles. The summed E-state index contributed by atoms with van der Waals surface area (Å²) in [6.07, 6.45) is 9.39. The predicted molar refractivity (Wildman–Crippen MR) is 99.4 cm³/mol. The summed E-state index contributed by atoms with van der Waals surface area (Å²) in [6.45, 7) is 1.99. The SMILES string of the molecule is O=C(OCCCn1ccnc1)c1c[nH]cc1-c1cc(Cl)c2c(c1)OCCO2. The quantitative estimate of drug-likeness (QED) is 0.517. The van der Waals surface area contributed by atoms with Gasteiger partial charge in [-0.2, -0.15) is 0 Å². The van der Waals surface area contributed by atoms with E-state index in [-0.39, 0.29) is 5.97 Å². The number of aromatic nitrogens is 3. The number of imidazole rings is 1. The summed E-state index contributed by atoms with van der Waals surface area (Å²) in [5, 5.41) is 0.447. The van der Waals surface area contributed by atoms with Crippen molar-refractivity contribution in [3.63, 3.8) is 0 Å². The number of H-pyrrole nitrogens is 1. The molecule has 0 saturated heterocycles. The highest BCUT2D eigenvalue weighted by molar-refractivity contribution is 6.32. The van der Waals surface area contributed by atoms with Gasteiger partial charge in [0, 0.05) is 36.9 Å². The van der Waals surface area contributed by atoms with Crippen LogP contribution in [0.5, 0.6) is 11.5 Å². The van der Waals surface area contributed by atoms with Crippen LogP contribution in [0.2, 0.25) is 5.02 Å². The van der Waals surface area contributed by atoms with Crippen molar-refractivity contribution in [2.24, 2.45) is 0 Å². The first-order valence-electron chi connectivity index (χ1n) is 8.61. The number of aromatic amines is 1. The number of aryl methyl sites for hydroxylation is 1. The number of nitrogens with one attached hydrogen (secondary N) is 1. The normalized spacial score (nSPS) is 12.8. The maximum absolute atomic E-state index is 12.5. The third-order valence-electron chi connectivity index (χ3n) is 4.23. The standard InChI is InChI=1S/C19H18ClN3O4/c20-16-8-13(9-17-18(16)26-7-6-25-17)14-10-22-11-15(14)19(24)27-5-1-3-23-4-2-21-12-23/h2,4,8-12,22H,1,3,5-7H2. The first-order chi connectivity index (χ1) is 13.2. The van der Waals surface area contributed by atoms with Crippen molar-refractivity contribution < 1.29 is 19.0 Å². The topological polar surface area (TPSA) is 78.4 Å². The van der Waals surface area contributed by atoms with Crippen LogP contribution in [0.4, 0.5) is 0 Å². The van der Waals surface area contributed by atoms with Gasteiger partial charge in [-0.25, -0.2) is 9.78 Å². The van der Waals surface area contributed by atoms with Gasteiger partial charge in [-0.1, -0.05) is 11.6 Å². The molecule has 4 rings (SSSR count). The second kappa shape index (κ2) is 7.75. The highest BCUT2D eigenvalue weighted by Gasteiger charge is 2.21. The van der Waals surface area contributed by atoms with E-state index in [1.807, 2.05) is 16.8 Å². The van der Waals surface area contributed by atoms with Crippen LogP contribution in [0.25, 0.3) is 11.1 Å². The van der Waals surface area contributed by atoms with Crippen LogP contribution in [-0.2, 0) is 11.3 Å². The molecule has 0 bridgehead atoms. The number of fused-ring (bicyclic) bond motifs is 1. The Kier molecular flexibility index (Phi) is 5.02. The third-order valence-corrected chi connectivity index (χ3v) is 4.51. The van der Waals surface area contributed by atoms with E-state index in [0.717, 1.165) is 12.1 Å². The van der Waals surface area contributed by atoms with Crippen molar-refractivity contribution in [2.45, 2.75) is 13.0 Å². The van der Waals surface area contributed by atoms with Crippen LogP contribution >= 0.6 is 11.6 Å². The number of nitrogens with zero attached hydrogens (tertiary/aromatic N) is 2. The Morgan fingerprint density at radius 3 is 3.04 bits per heavy atom. The highest BCUT2D eigenvalue weighted by Crippen LogP contribution is 2.41. The molecule has 3 aromatic rings. The largest absolute Gasteiger partial charge is 0.486 e. The van der Waals surface area contributed by atoms with E-state index in [2.05, 4.69) is 9.97 Å². The van der Waals surface area contributed by atoms with Gasteiger partial charge in [0.1, 0.15) is 13.2 Å². The summed E-state index contributed by atoms with van der Waals surface area (Å²) < 4.78 is 18.5. The number of benzene rings is 1. The minimum Gasteiger partial charge on any atom is -0.486 e. The summed E-state index contributed by atoms with van der Waals surface area (Å²) in [4.78, 5) is 19.4. The van der Waals surface area contributed by atoms with E-state index in [9.17, 15) is 4.79 Å². The number of halogens is 1. The van der Waals surface area contributed by atoms with E-state index < -0.39 is 0 Å². The van der Waals surface area contributed by atoms with Gasteiger partial charge in [-0.15, -0.1) is 0 Å². The molecule has 7 nitrogen and oxygen atoms in total. The fraction of sp³-hybridized carbons (Fsp3) is 0.263. The second-order valence-corrected chi connectivity index (χ2v) is 6.46. The molecule has 0 fully saturated rings. The van der Waals surface area contributed by atoms with Crippen LogP contribution < -0.4 is 9.47 Å². The summed E-state index contributed by atoms with van der Waals surface area (Å²) in [5.41, 5.74) is 1.91. The summed E-state index contributed by atoms with van der Waals surface area (Å²) in [5.74, 6) is 0.721. The van der Waals surface area contributed by atoms with Crippen molar-refractivity contribution in [2.75, 3.05) is 19.8 Å². The zero-order valence-corrected chi connectivity index (χ0v) is 15.2. The van der Waals surface area contributed by atoms with Gasteiger partial charge in [0.15, 0.2) is 11.5 Å². The maximum atomic E-state index is 12.5. The Hall–Kier alpha value is -2.93. The van der Waals surface area contributed by atoms with Crippen molar-refractivity contribution in [3.8, 4) is 22.6 Å². The molecular weight excluding hydrogens is 370 g/mol. The average molecular weight is 388 g/mol. The molecular formula is C19H18ClN3O4. The van der Waals surface area contributed by atoms with E-state index in [0.29, 0.717) is 53.9 Å². The van der Waals surface area contributed by atoms with Crippen molar-refractivity contribution >= 4 is 17.6 Å². The molecule has 0 unspecified atom stereocenters. The zero-order valence-electron chi connectivity index (χ0n) is 14.5. The molecule has 8 heteroatoms. The maximum Gasteiger partial charge on any atom is 0.340 e. The van der Waals surface area contributed by atoms with Gasteiger partial charge >= 0.3 is 5.97 Å². The molecule has 0 atom stereocenters. The van der Waals surface area contributed by atoms with Crippen LogP contribution in [0.3, 0.4) is 0 Å². The Labute approximate surface area is 160 Å². The van der Waals surface area contributed by atoms with E-state index in [4.69, 9.17) is 25.8 Å². The molecule has 1 aliphatic heterocycles. The lowest BCUT2D eigenvalue weighted by atomic mass is 10.0. The molecule has 1 aromatic carbocycles. The molecule has 1 N–H and O–H groups in total. The van der Waals surface area contributed by atoms with E-state index >= 15 is 0 Å². The number of ether oxygens (including phenoxy) is 3. The number of hydrogen-bond acceptors (Lipinski definition) is 5. The highest BCUT2D eigenvalue weighted by atomic mass is 35.5. The number of carbonyl (C=O) groups is 1. The first-order valence-corrected chi connectivity index (χ1v) is 8.99. The predicted octanol–water partition coefficient (Wildman–Crippen LogP) is 3.55.